The van der Waals surface area contributed by atoms with Gasteiger partial charge in [0.25, 0.3) is 5.91 Å². The summed E-state index contributed by atoms with van der Waals surface area (Å²) in [5.74, 6) is 0.302. The zero-order valence-electron chi connectivity index (χ0n) is 16.4. The maximum atomic E-state index is 13.0. The normalized spacial score (nSPS) is 10.6. The fraction of sp³-hybridized carbons (Fsp3) is 0.0909. The van der Waals surface area contributed by atoms with E-state index < -0.39 is 0 Å². The number of carbonyl (C=O) groups is 1. The van der Waals surface area contributed by atoms with Crippen LogP contribution in [-0.4, -0.2) is 28.1 Å². The summed E-state index contributed by atoms with van der Waals surface area (Å²) < 4.78 is 10.7. The Balaban J connectivity index is 1.66. The van der Waals surface area contributed by atoms with Gasteiger partial charge in [0, 0.05) is 17.3 Å². The number of rotatable bonds is 5. The van der Waals surface area contributed by atoms with Crippen molar-refractivity contribution >= 4 is 17.3 Å². The third-order valence-electron chi connectivity index (χ3n) is 4.57. The first-order valence-corrected chi connectivity index (χ1v) is 9.16. The standard InChI is InChI=1S/C22H19N5O3/c1-13-19(20(27-30-13)14-6-4-3-5-7-14)21(28)25-18-9-8-17(26-22(18)29-2)15-10-11-24-12-16(15)23/h3-12H,23H2,1-2H3,(H,25,28). The number of aromatic nitrogens is 3. The van der Waals surface area contributed by atoms with Crippen LogP contribution in [0.3, 0.4) is 0 Å². The molecule has 1 amide bonds. The third-order valence-corrected chi connectivity index (χ3v) is 4.57. The molecule has 3 N–H and O–H groups in total. The van der Waals surface area contributed by atoms with Crippen molar-refractivity contribution in [2.45, 2.75) is 6.92 Å². The molecule has 3 heterocycles. The van der Waals surface area contributed by atoms with Crippen LogP contribution in [0, 0.1) is 6.92 Å². The number of nitrogens with one attached hydrogen (secondary N) is 1. The minimum absolute atomic E-state index is 0.257. The summed E-state index contributed by atoms with van der Waals surface area (Å²) in [5, 5.41) is 6.89. The number of ether oxygens (including phenoxy) is 1. The fourth-order valence-corrected chi connectivity index (χ4v) is 3.10. The van der Waals surface area contributed by atoms with E-state index in [0.29, 0.717) is 34.1 Å². The second-order valence-electron chi connectivity index (χ2n) is 6.50. The molecule has 0 fully saturated rings. The molecule has 0 unspecified atom stereocenters. The second-order valence-corrected chi connectivity index (χ2v) is 6.50. The molecule has 0 saturated heterocycles. The lowest BCUT2D eigenvalue weighted by Crippen LogP contribution is -2.14. The molecule has 0 aliphatic carbocycles. The van der Waals surface area contributed by atoms with Crippen LogP contribution in [0.5, 0.6) is 5.88 Å². The number of amides is 1. The predicted molar refractivity (Wildman–Crippen MR) is 113 cm³/mol. The number of nitrogens with zero attached hydrogens (tertiary/aromatic N) is 3. The number of nitrogen functional groups attached to an aromatic ring is 1. The van der Waals surface area contributed by atoms with Crippen molar-refractivity contribution < 1.29 is 14.1 Å². The average molecular weight is 401 g/mol. The van der Waals surface area contributed by atoms with Gasteiger partial charge in [-0.15, -0.1) is 0 Å². The average Bonchev–Trinajstić information content (AvgIpc) is 3.16. The van der Waals surface area contributed by atoms with E-state index in [1.165, 1.54) is 7.11 Å². The van der Waals surface area contributed by atoms with Crippen molar-refractivity contribution in [3.8, 4) is 28.4 Å². The Bertz CT molecular complexity index is 1200. The highest BCUT2D eigenvalue weighted by molar-refractivity contribution is 6.09. The molecule has 150 valence electrons. The van der Waals surface area contributed by atoms with Crippen LogP contribution in [0.25, 0.3) is 22.5 Å². The largest absolute Gasteiger partial charge is 0.479 e. The minimum atomic E-state index is -0.371. The summed E-state index contributed by atoms with van der Waals surface area (Å²) in [6.07, 6.45) is 3.19. The molecular weight excluding hydrogens is 382 g/mol. The van der Waals surface area contributed by atoms with Crippen molar-refractivity contribution in [3.63, 3.8) is 0 Å². The van der Waals surface area contributed by atoms with Crippen molar-refractivity contribution in [1.82, 2.24) is 15.1 Å². The highest BCUT2D eigenvalue weighted by Gasteiger charge is 2.23. The van der Waals surface area contributed by atoms with Gasteiger partial charge in [0.15, 0.2) is 0 Å². The van der Waals surface area contributed by atoms with Gasteiger partial charge in [-0.2, -0.15) is 0 Å². The van der Waals surface area contributed by atoms with Crippen LogP contribution in [-0.2, 0) is 0 Å². The van der Waals surface area contributed by atoms with E-state index in [1.807, 2.05) is 30.3 Å². The molecule has 0 bridgehead atoms. The van der Waals surface area contributed by atoms with Crippen molar-refractivity contribution in [1.29, 1.82) is 0 Å². The molecular formula is C22H19N5O3. The lowest BCUT2D eigenvalue weighted by Gasteiger charge is -2.12. The Hall–Kier alpha value is -4.20. The summed E-state index contributed by atoms with van der Waals surface area (Å²) in [6, 6.07) is 14.6. The maximum Gasteiger partial charge on any atom is 0.261 e. The number of anilines is 2. The fourth-order valence-electron chi connectivity index (χ4n) is 3.10. The molecule has 30 heavy (non-hydrogen) atoms. The number of methoxy groups -OCH3 is 1. The van der Waals surface area contributed by atoms with Gasteiger partial charge in [-0.05, 0) is 25.1 Å². The van der Waals surface area contributed by atoms with E-state index in [-0.39, 0.29) is 11.8 Å². The molecule has 0 atom stereocenters. The van der Waals surface area contributed by atoms with Crippen LogP contribution < -0.4 is 15.8 Å². The first-order chi connectivity index (χ1) is 14.6. The molecule has 0 saturated carbocycles. The predicted octanol–water partition coefficient (Wildman–Crippen LogP) is 3.95. The van der Waals surface area contributed by atoms with Crippen LogP contribution in [0.1, 0.15) is 16.1 Å². The molecule has 0 aliphatic rings. The van der Waals surface area contributed by atoms with Crippen LogP contribution in [0.2, 0.25) is 0 Å². The first kappa shape index (κ1) is 19.1. The van der Waals surface area contributed by atoms with Crippen LogP contribution in [0.15, 0.2) is 65.4 Å². The zero-order chi connectivity index (χ0) is 21.1. The van der Waals surface area contributed by atoms with Crippen LogP contribution >= 0.6 is 0 Å². The number of hydrogen-bond acceptors (Lipinski definition) is 7. The smallest absolute Gasteiger partial charge is 0.261 e. The van der Waals surface area contributed by atoms with Gasteiger partial charge in [0.1, 0.15) is 22.7 Å². The van der Waals surface area contributed by atoms with E-state index >= 15 is 0 Å². The molecule has 8 heteroatoms. The number of nitrogens with two attached hydrogens (primary N) is 1. The molecule has 3 aromatic heterocycles. The topological polar surface area (TPSA) is 116 Å². The molecule has 1 aromatic carbocycles. The highest BCUT2D eigenvalue weighted by atomic mass is 16.5. The minimum Gasteiger partial charge on any atom is -0.479 e. The van der Waals surface area contributed by atoms with Crippen molar-refractivity contribution in [2.24, 2.45) is 0 Å². The molecule has 8 nitrogen and oxygen atoms in total. The quantitative estimate of drug-likeness (QED) is 0.520. The van der Waals surface area contributed by atoms with Gasteiger partial charge in [-0.1, -0.05) is 35.5 Å². The SMILES string of the molecule is COc1nc(-c2ccncc2N)ccc1NC(=O)c1c(-c2ccccc2)noc1C. The summed E-state index contributed by atoms with van der Waals surface area (Å²) in [7, 11) is 1.48. The molecule has 4 aromatic rings. The number of hydrogen-bond donors (Lipinski definition) is 2. The Morgan fingerprint density at radius 3 is 2.67 bits per heavy atom. The first-order valence-electron chi connectivity index (χ1n) is 9.16. The van der Waals surface area contributed by atoms with Gasteiger partial charge in [0.05, 0.1) is 24.7 Å². The lowest BCUT2D eigenvalue weighted by atomic mass is 10.1. The Labute approximate surface area is 172 Å². The summed E-state index contributed by atoms with van der Waals surface area (Å²) in [6.45, 7) is 1.69. The lowest BCUT2D eigenvalue weighted by molar-refractivity contribution is 0.102. The van der Waals surface area contributed by atoms with Gasteiger partial charge in [-0.3, -0.25) is 9.78 Å². The Morgan fingerprint density at radius 1 is 1.13 bits per heavy atom. The van der Waals surface area contributed by atoms with E-state index in [9.17, 15) is 4.79 Å². The molecule has 0 aliphatic heterocycles. The summed E-state index contributed by atoms with van der Waals surface area (Å²) in [4.78, 5) is 21.5. The second kappa shape index (κ2) is 8.04. The van der Waals surface area contributed by atoms with E-state index in [2.05, 4.69) is 20.4 Å². The Kier molecular flexibility index (Phi) is 5.13. The highest BCUT2D eigenvalue weighted by Crippen LogP contribution is 2.31. The number of pyridine rings is 2. The summed E-state index contributed by atoms with van der Waals surface area (Å²) in [5.41, 5.74) is 9.84. The monoisotopic (exact) mass is 401 g/mol. The number of benzene rings is 1. The zero-order valence-corrected chi connectivity index (χ0v) is 16.4. The van der Waals surface area contributed by atoms with E-state index in [0.717, 1.165) is 11.1 Å². The third kappa shape index (κ3) is 3.58. The molecule has 0 radical (unpaired) electrons. The van der Waals surface area contributed by atoms with Crippen molar-refractivity contribution in [2.75, 3.05) is 18.2 Å². The molecule has 0 spiro atoms. The number of carbonyl (C=O) groups excluding carboxylic acids is 1. The van der Waals surface area contributed by atoms with Gasteiger partial charge in [-0.25, -0.2) is 4.98 Å². The van der Waals surface area contributed by atoms with E-state index in [4.69, 9.17) is 15.0 Å². The molecule has 4 rings (SSSR count). The van der Waals surface area contributed by atoms with Crippen molar-refractivity contribution in [3.05, 3.63) is 72.2 Å². The van der Waals surface area contributed by atoms with Gasteiger partial charge in [0.2, 0.25) is 5.88 Å². The summed E-state index contributed by atoms with van der Waals surface area (Å²) >= 11 is 0. The number of aryl methyl sites for hydroxylation is 1. The van der Waals surface area contributed by atoms with E-state index in [1.54, 1.807) is 37.5 Å². The van der Waals surface area contributed by atoms with Crippen LogP contribution in [0.4, 0.5) is 11.4 Å². The Morgan fingerprint density at radius 2 is 1.93 bits per heavy atom. The van der Waals surface area contributed by atoms with Gasteiger partial charge >= 0.3 is 0 Å². The maximum absolute atomic E-state index is 13.0. The van der Waals surface area contributed by atoms with Gasteiger partial charge < -0.3 is 20.3 Å².